The number of rotatable bonds is 4. The van der Waals surface area contributed by atoms with E-state index in [0.29, 0.717) is 6.61 Å². The molecule has 0 saturated carbocycles. The number of aliphatic imine (C=N–C) groups is 1. The highest BCUT2D eigenvalue weighted by Crippen LogP contribution is 2.31. The van der Waals surface area contributed by atoms with Gasteiger partial charge in [-0.2, -0.15) is 0 Å². The van der Waals surface area contributed by atoms with E-state index in [1.807, 2.05) is 24.3 Å². The fourth-order valence-electron chi connectivity index (χ4n) is 2.31. The summed E-state index contributed by atoms with van der Waals surface area (Å²) in [6.45, 7) is 5.83. The number of para-hydroxylation sites is 1. The van der Waals surface area contributed by atoms with E-state index >= 15 is 0 Å². The first kappa shape index (κ1) is 21.0. The minimum atomic E-state index is -3.19. The number of guanidine groups is 1. The smallest absolute Gasteiger partial charge is 0.189 e. The molecular weight excluding hydrogens is 441 g/mol. The topological polar surface area (TPSA) is 93.8 Å². The average Bonchev–Trinajstić information content (AvgIpc) is 2.46. The van der Waals surface area contributed by atoms with Crippen molar-refractivity contribution in [1.29, 1.82) is 0 Å². The van der Waals surface area contributed by atoms with Gasteiger partial charge in [-0.1, -0.05) is 18.2 Å². The van der Waals surface area contributed by atoms with Crippen LogP contribution in [0.5, 0.6) is 5.75 Å². The van der Waals surface area contributed by atoms with Gasteiger partial charge in [0.25, 0.3) is 0 Å². The molecule has 1 aromatic rings. The molecule has 1 aliphatic rings. The maximum absolute atomic E-state index is 12.0. The maximum atomic E-state index is 12.0. The molecule has 0 aliphatic carbocycles. The lowest BCUT2D eigenvalue weighted by molar-refractivity contribution is 0.262. The maximum Gasteiger partial charge on any atom is 0.189 e. The standard InChI is InChI=1S/C16H25N3O3S.HI/c1-16(2,3)23(20,21)11-9-18-15(17)19-13-8-10-22-14-7-5-4-6-12(13)14;/h4-7,13H,8-11H2,1-3H3,(H3,17,18,19);1H. The third-order valence-corrected chi connectivity index (χ3v) is 6.44. The summed E-state index contributed by atoms with van der Waals surface area (Å²) < 4.78 is 28.9. The molecule has 0 amide bonds. The summed E-state index contributed by atoms with van der Waals surface area (Å²) in [4.78, 5) is 4.15. The van der Waals surface area contributed by atoms with Crippen molar-refractivity contribution in [3.05, 3.63) is 29.8 Å². The molecule has 0 bridgehead atoms. The van der Waals surface area contributed by atoms with Gasteiger partial charge in [0.15, 0.2) is 15.8 Å². The molecule has 136 valence electrons. The Bertz CT molecular complexity index is 684. The van der Waals surface area contributed by atoms with Gasteiger partial charge in [0.1, 0.15) is 5.75 Å². The molecular formula is C16H26IN3O3S. The fraction of sp³-hybridized carbons (Fsp3) is 0.562. The molecule has 2 rings (SSSR count). The van der Waals surface area contributed by atoms with Crippen LogP contribution in [0.25, 0.3) is 0 Å². The summed E-state index contributed by atoms with van der Waals surface area (Å²) in [5.41, 5.74) is 6.94. The predicted octanol–water partition coefficient (Wildman–Crippen LogP) is 2.25. The molecule has 0 saturated heterocycles. The van der Waals surface area contributed by atoms with E-state index < -0.39 is 14.6 Å². The van der Waals surface area contributed by atoms with Crippen LogP contribution in [0.3, 0.4) is 0 Å². The van der Waals surface area contributed by atoms with Gasteiger partial charge in [-0.05, 0) is 26.8 Å². The molecule has 1 unspecified atom stereocenters. The number of halogens is 1. The number of sulfone groups is 1. The summed E-state index contributed by atoms with van der Waals surface area (Å²) in [5, 5.41) is 3.15. The summed E-state index contributed by atoms with van der Waals surface area (Å²) in [7, 11) is -3.19. The molecule has 3 N–H and O–H groups in total. The second-order valence-electron chi connectivity index (χ2n) is 6.57. The highest BCUT2D eigenvalue weighted by atomic mass is 127. The molecule has 8 heteroatoms. The van der Waals surface area contributed by atoms with Gasteiger partial charge in [0, 0.05) is 12.0 Å². The van der Waals surface area contributed by atoms with Crippen molar-refractivity contribution in [1.82, 2.24) is 5.32 Å². The molecule has 1 aliphatic heterocycles. The zero-order valence-electron chi connectivity index (χ0n) is 14.3. The van der Waals surface area contributed by atoms with Crippen LogP contribution < -0.4 is 15.8 Å². The third kappa shape index (κ3) is 5.23. The van der Waals surface area contributed by atoms with Crippen LogP contribution in [0.1, 0.15) is 38.8 Å². The average molecular weight is 467 g/mol. The van der Waals surface area contributed by atoms with Gasteiger partial charge in [0.05, 0.1) is 29.7 Å². The minimum Gasteiger partial charge on any atom is -0.493 e. The van der Waals surface area contributed by atoms with Gasteiger partial charge >= 0.3 is 0 Å². The van der Waals surface area contributed by atoms with E-state index in [2.05, 4.69) is 10.3 Å². The first-order valence-electron chi connectivity index (χ1n) is 7.71. The Morgan fingerprint density at radius 3 is 2.71 bits per heavy atom. The molecule has 24 heavy (non-hydrogen) atoms. The number of benzene rings is 1. The number of hydrogen-bond donors (Lipinski definition) is 2. The van der Waals surface area contributed by atoms with Crippen molar-refractivity contribution < 1.29 is 13.2 Å². The summed E-state index contributed by atoms with van der Waals surface area (Å²) in [5.74, 6) is 1.10. The summed E-state index contributed by atoms with van der Waals surface area (Å²) >= 11 is 0. The van der Waals surface area contributed by atoms with Crippen molar-refractivity contribution in [2.75, 3.05) is 18.9 Å². The first-order chi connectivity index (χ1) is 10.7. The Balaban J connectivity index is 0.00000288. The number of hydrogen-bond acceptors (Lipinski definition) is 4. The first-order valence-corrected chi connectivity index (χ1v) is 9.36. The van der Waals surface area contributed by atoms with Gasteiger partial charge in [-0.25, -0.2) is 8.42 Å². The Morgan fingerprint density at radius 1 is 1.38 bits per heavy atom. The van der Waals surface area contributed by atoms with E-state index in [9.17, 15) is 8.42 Å². The highest BCUT2D eigenvalue weighted by molar-refractivity contribution is 14.0. The largest absolute Gasteiger partial charge is 0.493 e. The summed E-state index contributed by atoms with van der Waals surface area (Å²) in [6, 6.07) is 7.82. The fourth-order valence-corrected chi connectivity index (χ4v) is 3.25. The minimum absolute atomic E-state index is 0. The molecule has 6 nitrogen and oxygen atoms in total. The lowest BCUT2D eigenvalue weighted by Gasteiger charge is -2.27. The van der Waals surface area contributed by atoms with E-state index in [1.54, 1.807) is 20.8 Å². The molecule has 0 spiro atoms. The Hall–Kier alpha value is -1.03. The SMILES string of the molecule is CC(C)(C)S(=O)(=O)CCN=C(N)NC1CCOc2ccccc21.I. The molecule has 1 aromatic carbocycles. The molecule has 0 fully saturated rings. The Kier molecular flexibility index (Phi) is 7.33. The number of nitrogens with one attached hydrogen (secondary N) is 1. The van der Waals surface area contributed by atoms with Gasteiger partial charge in [0.2, 0.25) is 0 Å². The van der Waals surface area contributed by atoms with Crippen LogP contribution in [0.15, 0.2) is 29.3 Å². The van der Waals surface area contributed by atoms with Crippen LogP contribution in [-0.4, -0.2) is 38.0 Å². The molecule has 1 heterocycles. The Labute approximate surface area is 161 Å². The Morgan fingerprint density at radius 2 is 2.04 bits per heavy atom. The van der Waals surface area contributed by atoms with Crippen LogP contribution in [-0.2, 0) is 9.84 Å². The van der Waals surface area contributed by atoms with Crippen molar-refractivity contribution in [2.45, 2.75) is 38.0 Å². The van der Waals surface area contributed by atoms with Crippen LogP contribution >= 0.6 is 24.0 Å². The zero-order valence-corrected chi connectivity index (χ0v) is 17.4. The second-order valence-corrected chi connectivity index (χ2v) is 9.43. The van der Waals surface area contributed by atoms with Gasteiger partial charge in [-0.15, -0.1) is 24.0 Å². The van der Waals surface area contributed by atoms with Gasteiger partial charge in [-0.3, -0.25) is 4.99 Å². The zero-order chi connectivity index (χ0) is 17.1. The quantitative estimate of drug-likeness (QED) is 0.403. The normalized spacial score (nSPS) is 18.1. The van der Waals surface area contributed by atoms with E-state index in [0.717, 1.165) is 17.7 Å². The van der Waals surface area contributed by atoms with Crippen LogP contribution in [0, 0.1) is 0 Å². The van der Waals surface area contributed by atoms with Crippen LogP contribution in [0.2, 0.25) is 0 Å². The van der Waals surface area contributed by atoms with Crippen molar-refractivity contribution in [3.8, 4) is 5.75 Å². The monoisotopic (exact) mass is 467 g/mol. The molecule has 1 atom stereocenters. The lowest BCUT2D eigenvalue weighted by Crippen LogP contribution is -2.38. The van der Waals surface area contributed by atoms with E-state index in [-0.39, 0.29) is 48.3 Å². The number of nitrogens with zero attached hydrogens (tertiary/aromatic N) is 1. The van der Waals surface area contributed by atoms with E-state index in [4.69, 9.17) is 10.5 Å². The predicted molar refractivity (Wildman–Crippen MR) is 108 cm³/mol. The highest BCUT2D eigenvalue weighted by Gasteiger charge is 2.28. The lowest BCUT2D eigenvalue weighted by atomic mass is 10.0. The number of nitrogens with two attached hydrogens (primary N) is 1. The number of ether oxygens (including phenoxy) is 1. The second kappa shape index (κ2) is 8.37. The molecule has 0 aromatic heterocycles. The van der Waals surface area contributed by atoms with Crippen molar-refractivity contribution in [2.24, 2.45) is 10.7 Å². The third-order valence-electron chi connectivity index (χ3n) is 3.86. The van der Waals surface area contributed by atoms with Crippen molar-refractivity contribution in [3.63, 3.8) is 0 Å². The number of fused-ring (bicyclic) bond motifs is 1. The van der Waals surface area contributed by atoms with E-state index in [1.165, 1.54) is 0 Å². The van der Waals surface area contributed by atoms with Crippen LogP contribution in [0.4, 0.5) is 0 Å². The summed E-state index contributed by atoms with van der Waals surface area (Å²) in [6.07, 6.45) is 0.785. The van der Waals surface area contributed by atoms with Gasteiger partial charge < -0.3 is 15.8 Å². The van der Waals surface area contributed by atoms with Crippen molar-refractivity contribution >= 4 is 39.8 Å². The molecule has 0 radical (unpaired) electrons.